The lowest BCUT2D eigenvalue weighted by Gasteiger charge is -1.99. The summed E-state index contributed by atoms with van der Waals surface area (Å²) in [6.45, 7) is 1.43. The average molecular weight is 302 g/mol. The van der Waals surface area contributed by atoms with Crippen molar-refractivity contribution in [2.45, 2.75) is 0 Å². The summed E-state index contributed by atoms with van der Waals surface area (Å²) < 4.78 is 6.05. The van der Waals surface area contributed by atoms with E-state index in [9.17, 15) is 0 Å². The van der Waals surface area contributed by atoms with E-state index in [1.165, 1.54) is 4.88 Å². The topological polar surface area (TPSA) is 49.9 Å². The van der Waals surface area contributed by atoms with Gasteiger partial charge >= 0.3 is 0 Å². The quantitative estimate of drug-likeness (QED) is 0.835. The molecular formula is C10H12BrN3OS. The van der Waals surface area contributed by atoms with E-state index in [4.69, 9.17) is 4.74 Å². The van der Waals surface area contributed by atoms with Gasteiger partial charge in [0.1, 0.15) is 5.82 Å². The van der Waals surface area contributed by atoms with Gasteiger partial charge in [0.15, 0.2) is 0 Å². The number of aromatic nitrogens is 2. The minimum absolute atomic E-state index is 0.673. The van der Waals surface area contributed by atoms with Crippen molar-refractivity contribution >= 4 is 33.1 Å². The zero-order chi connectivity index (χ0) is 11.4. The molecule has 0 aliphatic heterocycles. The first kappa shape index (κ1) is 11.6. The number of nitrogens with zero attached hydrogens (tertiary/aromatic N) is 1. The van der Waals surface area contributed by atoms with Gasteiger partial charge in [-0.3, -0.25) is 5.10 Å². The molecule has 6 heteroatoms. The number of ether oxygens (including phenoxy) is 1. The molecule has 0 atom stereocenters. The largest absolute Gasteiger partial charge is 0.383 e. The molecule has 0 aromatic carbocycles. The molecule has 2 aromatic heterocycles. The van der Waals surface area contributed by atoms with Crippen LogP contribution in [-0.2, 0) is 4.74 Å². The standard InChI is InChI=1S/C10H12BrN3OS/c1-15-3-2-12-10-5-8(13-14-10)9-4-7(11)6-16-9/h4-6H,2-3H2,1H3,(H2,12,13,14). The lowest BCUT2D eigenvalue weighted by Crippen LogP contribution is -2.07. The van der Waals surface area contributed by atoms with E-state index in [-0.39, 0.29) is 0 Å². The molecule has 2 aromatic rings. The zero-order valence-corrected chi connectivity index (χ0v) is 11.2. The first-order valence-electron chi connectivity index (χ1n) is 4.82. The zero-order valence-electron chi connectivity index (χ0n) is 8.79. The molecule has 0 spiro atoms. The predicted molar refractivity (Wildman–Crippen MR) is 70.0 cm³/mol. The van der Waals surface area contributed by atoms with Crippen molar-refractivity contribution in [1.29, 1.82) is 0 Å². The number of nitrogens with one attached hydrogen (secondary N) is 2. The minimum atomic E-state index is 0.673. The average Bonchev–Trinajstić information content (AvgIpc) is 2.87. The van der Waals surface area contributed by atoms with Crippen LogP contribution in [-0.4, -0.2) is 30.5 Å². The summed E-state index contributed by atoms with van der Waals surface area (Å²) in [5.74, 6) is 0.844. The van der Waals surface area contributed by atoms with E-state index in [2.05, 4.69) is 37.5 Å². The Morgan fingerprint density at radius 3 is 3.12 bits per heavy atom. The molecule has 0 amide bonds. The molecule has 2 N–H and O–H groups in total. The molecular weight excluding hydrogens is 290 g/mol. The van der Waals surface area contributed by atoms with Crippen LogP contribution in [0, 0.1) is 0 Å². The fourth-order valence-corrected chi connectivity index (χ4v) is 2.67. The highest BCUT2D eigenvalue weighted by Gasteiger charge is 2.05. The number of thiophene rings is 1. The highest BCUT2D eigenvalue weighted by atomic mass is 79.9. The Bertz CT molecular complexity index is 454. The molecule has 2 rings (SSSR count). The normalized spacial score (nSPS) is 10.6. The molecule has 86 valence electrons. The Kier molecular flexibility index (Phi) is 3.98. The fourth-order valence-electron chi connectivity index (χ4n) is 1.27. The third kappa shape index (κ3) is 2.84. The molecule has 0 saturated carbocycles. The molecule has 0 unspecified atom stereocenters. The number of halogens is 1. The molecule has 0 saturated heterocycles. The lowest BCUT2D eigenvalue weighted by atomic mass is 10.3. The molecule has 0 aliphatic rings. The Labute approximate surface area is 106 Å². The van der Waals surface area contributed by atoms with Gasteiger partial charge in [-0.2, -0.15) is 5.10 Å². The Morgan fingerprint density at radius 2 is 2.44 bits per heavy atom. The number of rotatable bonds is 5. The third-order valence-electron chi connectivity index (χ3n) is 2.02. The van der Waals surface area contributed by atoms with Crippen LogP contribution in [0.4, 0.5) is 5.82 Å². The summed E-state index contributed by atoms with van der Waals surface area (Å²) in [7, 11) is 1.68. The van der Waals surface area contributed by atoms with Crippen LogP contribution in [0.25, 0.3) is 10.6 Å². The van der Waals surface area contributed by atoms with Gasteiger partial charge in [0.05, 0.1) is 17.2 Å². The maximum Gasteiger partial charge on any atom is 0.148 e. The van der Waals surface area contributed by atoms with Crippen molar-refractivity contribution in [2.24, 2.45) is 0 Å². The Hall–Kier alpha value is -0.850. The summed E-state index contributed by atoms with van der Waals surface area (Å²) in [6, 6.07) is 4.06. The maximum atomic E-state index is 4.95. The highest BCUT2D eigenvalue weighted by Crippen LogP contribution is 2.29. The van der Waals surface area contributed by atoms with Crippen LogP contribution in [0.5, 0.6) is 0 Å². The van der Waals surface area contributed by atoms with Gasteiger partial charge in [-0.25, -0.2) is 0 Å². The van der Waals surface area contributed by atoms with E-state index in [1.54, 1.807) is 18.4 Å². The number of H-pyrrole nitrogens is 1. The molecule has 4 nitrogen and oxygen atoms in total. The first-order chi connectivity index (χ1) is 7.79. The van der Waals surface area contributed by atoms with Gasteiger partial charge in [-0.1, -0.05) is 0 Å². The summed E-state index contributed by atoms with van der Waals surface area (Å²) in [5.41, 5.74) is 1.02. The van der Waals surface area contributed by atoms with Crippen LogP contribution in [0.3, 0.4) is 0 Å². The van der Waals surface area contributed by atoms with Gasteiger partial charge in [0.2, 0.25) is 0 Å². The molecule has 0 fully saturated rings. The second-order valence-electron chi connectivity index (χ2n) is 3.22. The smallest absolute Gasteiger partial charge is 0.148 e. The molecule has 0 aliphatic carbocycles. The molecule has 2 heterocycles. The fraction of sp³-hybridized carbons (Fsp3) is 0.300. The van der Waals surface area contributed by atoms with E-state index in [0.29, 0.717) is 6.61 Å². The van der Waals surface area contributed by atoms with Gasteiger partial charge in [-0.15, -0.1) is 11.3 Å². The van der Waals surface area contributed by atoms with Gasteiger partial charge in [0, 0.05) is 29.6 Å². The van der Waals surface area contributed by atoms with E-state index in [1.807, 2.05) is 11.4 Å². The van der Waals surface area contributed by atoms with Crippen LogP contribution in [0.1, 0.15) is 0 Å². The highest BCUT2D eigenvalue weighted by molar-refractivity contribution is 9.10. The lowest BCUT2D eigenvalue weighted by molar-refractivity contribution is 0.210. The Balaban J connectivity index is 2.02. The summed E-state index contributed by atoms with van der Waals surface area (Å²) in [5, 5.41) is 12.4. The number of anilines is 1. The summed E-state index contributed by atoms with van der Waals surface area (Å²) in [6.07, 6.45) is 0. The van der Waals surface area contributed by atoms with Crippen LogP contribution < -0.4 is 5.32 Å². The first-order valence-corrected chi connectivity index (χ1v) is 6.49. The molecule has 0 radical (unpaired) electrons. The third-order valence-corrected chi connectivity index (χ3v) is 3.75. The van der Waals surface area contributed by atoms with Crippen molar-refractivity contribution in [3.8, 4) is 10.6 Å². The number of hydrogen-bond acceptors (Lipinski definition) is 4. The summed E-state index contributed by atoms with van der Waals surface area (Å²) in [4.78, 5) is 1.17. The number of hydrogen-bond donors (Lipinski definition) is 2. The number of aromatic amines is 1. The number of methoxy groups -OCH3 is 1. The van der Waals surface area contributed by atoms with Crippen molar-refractivity contribution in [1.82, 2.24) is 10.2 Å². The van der Waals surface area contributed by atoms with Gasteiger partial charge < -0.3 is 10.1 Å². The van der Waals surface area contributed by atoms with Crippen molar-refractivity contribution in [3.63, 3.8) is 0 Å². The van der Waals surface area contributed by atoms with Crippen LogP contribution in [0.2, 0.25) is 0 Å². The van der Waals surface area contributed by atoms with E-state index in [0.717, 1.165) is 22.5 Å². The second kappa shape index (κ2) is 5.47. The van der Waals surface area contributed by atoms with Crippen molar-refractivity contribution in [3.05, 3.63) is 22.0 Å². The second-order valence-corrected chi connectivity index (χ2v) is 5.04. The monoisotopic (exact) mass is 301 g/mol. The van der Waals surface area contributed by atoms with Gasteiger partial charge in [-0.05, 0) is 22.0 Å². The maximum absolute atomic E-state index is 4.95. The molecule has 0 bridgehead atoms. The van der Waals surface area contributed by atoms with Gasteiger partial charge in [0.25, 0.3) is 0 Å². The molecule has 16 heavy (non-hydrogen) atoms. The minimum Gasteiger partial charge on any atom is -0.383 e. The SMILES string of the molecule is COCCNc1cc(-c2cc(Br)cs2)[nH]n1. The predicted octanol–water partition coefficient (Wildman–Crippen LogP) is 2.96. The van der Waals surface area contributed by atoms with Crippen molar-refractivity contribution < 1.29 is 4.74 Å². The van der Waals surface area contributed by atoms with Crippen molar-refractivity contribution in [2.75, 3.05) is 25.6 Å². The summed E-state index contributed by atoms with van der Waals surface area (Å²) >= 11 is 5.11. The van der Waals surface area contributed by atoms with E-state index >= 15 is 0 Å². The van der Waals surface area contributed by atoms with E-state index < -0.39 is 0 Å². The van der Waals surface area contributed by atoms with Crippen LogP contribution in [0.15, 0.2) is 22.0 Å². The Morgan fingerprint density at radius 1 is 1.56 bits per heavy atom. The van der Waals surface area contributed by atoms with Crippen LogP contribution >= 0.6 is 27.3 Å².